The van der Waals surface area contributed by atoms with Crippen molar-refractivity contribution in [1.29, 1.82) is 0 Å². The fourth-order valence-electron chi connectivity index (χ4n) is 2.64. The van der Waals surface area contributed by atoms with Crippen LogP contribution in [-0.4, -0.2) is 28.4 Å². The Morgan fingerprint density at radius 1 is 1.26 bits per heavy atom. The number of benzene rings is 1. The molecule has 0 spiro atoms. The van der Waals surface area contributed by atoms with E-state index in [0.29, 0.717) is 6.10 Å². The van der Waals surface area contributed by atoms with Crippen molar-refractivity contribution < 1.29 is 9.13 Å². The van der Waals surface area contributed by atoms with Crippen molar-refractivity contribution >= 4 is 33.3 Å². The van der Waals surface area contributed by atoms with Gasteiger partial charge in [-0.2, -0.15) is 0 Å². The molecule has 0 bridgehead atoms. The van der Waals surface area contributed by atoms with E-state index in [1.165, 1.54) is 12.1 Å². The van der Waals surface area contributed by atoms with Crippen LogP contribution in [0.3, 0.4) is 0 Å². The number of ether oxygens (including phenoxy) is 1. The average Bonchev–Trinajstić information content (AvgIpc) is 3.23. The maximum atomic E-state index is 13.1. The second-order valence-electron chi connectivity index (χ2n) is 5.46. The molecule has 1 atom stereocenters. The molecule has 1 aromatic carbocycles. The van der Waals surface area contributed by atoms with Crippen molar-refractivity contribution in [3.63, 3.8) is 0 Å². The number of aromatic nitrogens is 2. The number of fused-ring (bicyclic) bond motifs is 1. The second kappa shape index (κ2) is 6.55. The predicted molar refractivity (Wildman–Crippen MR) is 92.5 cm³/mol. The topological polar surface area (TPSA) is 35.0 Å². The van der Waals surface area contributed by atoms with E-state index in [1.807, 2.05) is 6.07 Å². The van der Waals surface area contributed by atoms with E-state index in [4.69, 9.17) is 4.74 Å². The fourth-order valence-corrected chi connectivity index (χ4v) is 4.91. The van der Waals surface area contributed by atoms with E-state index in [0.717, 1.165) is 50.9 Å². The van der Waals surface area contributed by atoms with Gasteiger partial charge in [-0.3, -0.25) is 0 Å². The van der Waals surface area contributed by atoms with Gasteiger partial charge in [0.2, 0.25) is 0 Å². The highest BCUT2D eigenvalue weighted by molar-refractivity contribution is 7.99. The number of nitrogens with zero attached hydrogens (tertiary/aromatic N) is 2. The first kappa shape index (κ1) is 15.1. The van der Waals surface area contributed by atoms with Gasteiger partial charge in [0.25, 0.3) is 0 Å². The smallest absolute Gasteiger partial charge is 0.123 e. The first-order valence-corrected chi connectivity index (χ1v) is 9.35. The minimum atomic E-state index is -0.220. The number of hydrogen-bond donors (Lipinski definition) is 0. The van der Waals surface area contributed by atoms with Gasteiger partial charge >= 0.3 is 0 Å². The van der Waals surface area contributed by atoms with Gasteiger partial charge in [-0.05, 0) is 36.6 Å². The molecule has 0 N–H and O–H groups in total. The van der Waals surface area contributed by atoms with E-state index in [2.05, 4.69) is 9.97 Å². The van der Waals surface area contributed by atoms with Crippen LogP contribution in [0, 0.1) is 5.82 Å². The van der Waals surface area contributed by atoms with Gasteiger partial charge in [-0.15, -0.1) is 23.1 Å². The monoisotopic (exact) mass is 346 g/mol. The van der Waals surface area contributed by atoms with Gasteiger partial charge in [0.1, 0.15) is 17.2 Å². The lowest BCUT2D eigenvalue weighted by Gasteiger charge is -2.08. The SMILES string of the molecule is Fc1ccc(-c2cc3ncnc(SCC4CCCO4)c3s2)cc1. The highest BCUT2D eigenvalue weighted by Crippen LogP contribution is 2.37. The van der Waals surface area contributed by atoms with Crippen molar-refractivity contribution in [1.82, 2.24) is 9.97 Å². The number of hydrogen-bond acceptors (Lipinski definition) is 5. The third-order valence-corrected chi connectivity index (χ3v) is 6.27. The van der Waals surface area contributed by atoms with Crippen LogP contribution in [0.4, 0.5) is 4.39 Å². The van der Waals surface area contributed by atoms with Gasteiger partial charge in [-0.25, -0.2) is 14.4 Å². The predicted octanol–water partition coefficient (Wildman–Crippen LogP) is 4.77. The Morgan fingerprint density at radius 2 is 2.13 bits per heavy atom. The molecule has 23 heavy (non-hydrogen) atoms. The molecular weight excluding hydrogens is 331 g/mol. The molecule has 2 aromatic heterocycles. The summed E-state index contributed by atoms with van der Waals surface area (Å²) in [5.74, 6) is 0.707. The standard InChI is InChI=1S/C17H15FN2OS2/c18-12-5-3-11(4-6-12)15-8-14-16(23-15)17(20-10-19-14)22-9-13-2-1-7-21-13/h3-6,8,10,13H,1-2,7,9H2. The molecule has 0 aliphatic carbocycles. The summed E-state index contributed by atoms with van der Waals surface area (Å²) in [5, 5.41) is 1.00. The number of thiophene rings is 1. The quantitative estimate of drug-likeness (QED) is 0.503. The van der Waals surface area contributed by atoms with Crippen LogP contribution < -0.4 is 0 Å². The zero-order valence-corrected chi connectivity index (χ0v) is 14.0. The number of halogens is 1. The molecule has 1 aliphatic rings. The Kier molecular flexibility index (Phi) is 4.29. The minimum absolute atomic E-state index is 0.220. The van der Waals surface area contributed by atoms with Crippen LogP contribution in [0.15, 0.2) is 41.7 Å². The molecule has 1 saturated heterocycles. The van der Waals surface area contributed by atoms with Crippen molar-refractivity contribution in [3.8, 4) is 10.4 Å². The minimum Gasteiger partial charge on any atom is -0.377 e. The fraction of sp³-hybridized carbons (Fsp3) is 0.294. The maximum Gasteiger partial charge on any atom is 0.123 e. The summed E-state index contributed by atoms with van der Waals surface area (Å²) in [4.78, 5) is 9.88. The van der Waals surface area contributed by atoms with Crippen molar-refractivity contribution in [2.75, 3.05) is 12.4 Å². The summed E-state index contributed by atoms with van der Waals surface area (Å²) in [7, 11) is 0. The van der Waals surface area contributed by atoms with Crippen molar-refractivity contribution in [2.24, 2.45) is 0 Å². The van der Waals surface area contributed by atoms with Crippen LogP contribution in [0.1, 0.15) is 12.8 Å². The summed E-state index contributed by atoms with van der Waals surface area (Å²) in [6, 6.07) is 8.61. The van der Waals surface area contributed by atoms with Crippen LogP contribution in [0.25, 0.3) is 20.7 Å². The Labute approximate surface area is 141 Å². The van der Waals surface area contributed by atoms with Gasteiger partial charge in [0, 0.05) is 17.2 Å². The molecule has 1 unspecified atom stereocenters. The molecule has 3 heterocycles. The molecule has 4 rings (SSSR count). The summed E-state index contributed by atoms with van der Waals surface area (Å²) in [6.45, 7) is 0.873. The molecule has 0 amide bonds. The molecule has 0 saturated carbocycles. The number of rotatable bonds is 4. The third kappa shape index (κ3) is 3.24. The Hall–Kier alpha value is -1.50. The van der Waals surface area contributed by atoms with Gasteiger partial charge in [-0.1, -0.05) is 12.1 Å². The van der Waals surface area contributed by atoms with Crippen molar-refractivity contribution in [3.05, 3.63) is 42.5 Å². The first-order valence-electron chi connectivity index (χ1n) is 7.54. The van der Waals surface area contributed by atoms with Crippen LogP contribution in [-0.2, 0) is 4.74 Å². The summed E-state index contributed by atoms with van der Waals surface area (Å²) in [6.07, 6.45) is 4.23. The molecule has 1 aliphatic heterocycles. The average molecular weight is 346 g/mol. The highest BCUT2D eigenvalue weighted by atomic mass is 32.2. The third-order valence-electron chi connectivity index (χ3n) is 3.84. The first-order chi connectivity index (χ1) is 11.3. The number of thioether (sulfide) groups is 1. The summed E-state index contributed by atoms with van der Waals surface area (Å²) in [5.41, 5.74) is 1.95. The van der Waals surface area contributed by atoms with Gasteiger partial charge in [0.15, 0.2) is 0 Å². The lowest BCUT2D eigenvalue weighted by molar-refractivity contribution is 0.129. The van der Waals surface area contributed by atoms with E-state index in [1.54, 1.807) is 41.6 Å². The van der Waals surface area contributed by atoms with E-state index < -0.39 is 0 Å². The largest absolute Gasteiger partial charge is 0.377 e. The molecule has 3 nitrogen and oxygen atoms in total. The highest BCUT2D eigenvalue weighted by Gasteiger charge is 2.17. The molecule has 3 aromatic rings. The molecular formula is C17H15FN2OS2. The normalized spacial score (nSPS) is 17.9. The van der Waals surface area contributed by atoms with Gasteiger partial charge < -0.3 is 4.74 Å². The molecule has 118 valence electrons. The molecule has 6 heteroatoms. The summed E-state index contributed by atoms with van der Waals surface area (Å²) < 4.78 is 19.9. The lowest BCUT2D eigenvalue weighted by atomic mass is 10.2. The van der Waals surface area contributed by atoms with Crippen molar-refractivity contribution in [2.45, 2.75) is 24.0 Å². The van der Waals surface area contributed by atoms with Crippen LogP contribution >= 0.6 is 23.1 Å². The van der Waals surface area contributed by atoms with E-state index >= 15 is 0 Å². The Bertz CT molecular complexity index is 813. The molecule has 0 radical (unpaired) electrons. The zero-order valence-electron chi connectivity index (χ0n) is 12.4. The van der Waals surface area contributed by atoms with Crippen LogP contribution in [0.2, 0.25) is 0 Å². The summed E-state index contributed by atoms with van der Waals surface area (Å²) >= 11 is 3.39. The van der Waals surface area contributed by atoms with Crippen LogP contribution in [0.5, 0.6) is 0 Å². The van der Waals surface area contributed by atoms with E-state index in [-0.39, 0.29) is 5.82 Å². The maximum absolute atomic E-state index is 13.1. The van der Waals surface area contributed by atoms with Gasteiger partial charge in [0.05, 0.1) is 16.3 Å². The zero-order chi connectivity index (χ0) is 15.6. The Balaban J connectivity index is 1.62. The Morgan fingerprint density at radius 3 is 2.91 bits per heavy atom. The van der Waals surface area contributed by atoms with E-state index in [9.17, 15) is 4.39 Å². The lowest BCUT2D eigenvalue weighted by Crippen LogP contribution is -2.07. The molecule has 1 fully saturated rings. The second-order valence-corrected chi connectivity index (χ2v) is 7.52.